The second kappa shape index (κ2) is 7.89. The highest BCUT2D eigenvalue weighted by Gasteiger charge is 2.22. The molecule has 0 heterocycles. The van der Waals surface area contributed by atoms with Gasteiger partial charge in [0.25, 0.3) is 0 Å². The van der Waals surface area contributed by atoms with E-state index in [-0.39, 0.29) is 19.1 Å². The third kappa shape index (κ3) is 5.53. The lowest BCUT2D eigenvalue weighted by Crippen LogP contribution is -2.49. The van der Waals surface area contributed by atoms with E-state index < -0.39 is 18.0 Å². The van der Waals surface area contributed by atoms with Crippen molar-refractivity contribution >= 4 is 12.0 Å². The highest BCUT2D eigenvalue weighted by Crippen LogP contribution is 2.04. The van der Waals surface area contributed by atoms with E-state index in [9.17, 15) is 9.59 Å². The Morgan fingerprint density at radius 1 is 1.35 bits per heavy atom. The topological polar surface area (TPSA) is 89.9 Å². The molecule has 0 radical (unpaired) electrons. The summed E-state index contributed by atoms with van der Waals surface area (Å²) >= 11 is 0. The molecule has 2 amide bonds. The molecule has 0 aliphatic carbocycles. The van der Waals surface area contributed by atoms with E-state index in [1.54, 1.807) is 7.05 Å². The summed E-state index contributed by atoms with van der Waals surface area (Å²) in [6, 6.07) is -1.40. The zero-order valence-corrected chi connectivity index (χ0v) is 10.6. The molecule has 6 nitrogen and oxygen atoms in total. The van der Waals surface area contributed by atoms with Crippen molar-refractivity contribution in [3.63, 3.8) is 0 Å². The number of urea groups is 1. The Morgan fingerprint density at radius 2 is 1.94 bits per heavy atom. The summed E-state index contributed by atoms with van der Waals surface area (Å²) in [4.78, 5) is 24.0. The van der Waals surface area contributed by atoms with Crippen LogP contribution in [-0.4, -0.2) is 52.9 Å². The van der Waals surface area contributed by atoms with Crippen molar-refractivity contribution in [3.8, 4) is 0 Å². The first-order valence-corrected chi connectivity index (χ1v) is 5.81. The fraction of sp³-hybridized carbons (Fsp3) is 0.818. The smallest absolute Gasteiger partial charge is 0.326 e. The Bertz CT molecular complexity index is 258. The van der Waals surface area contributed by atoms with Crippen molar-refractivity contribution in [3.05, 3.63) is 0 Å². The first kappa shape index (κ1) is 15.7. The molecular weight excluding hydrogens is 224 g/mol. The summed E-state index contributed by atoms with van der Waals surface area (Å²) < 4.78 is 0. The molecule has 0 saturated heterocycles. The number of nitrogens with one attached hydrogen (secondary N) is 1. The Hall–Kier alpha value is -1.30. The van der Waals surface area contributed by atoms with E-state index in [0.717, 1.165) is 12.8 Å². The number of carboxylic acids is 1. The predicted octanol–water partition coefficient (Wildman–Crippen LogP) is 0.652. The summed E-state index contributed by atoms with van der Waals surface area (Å²) in [5, 5.41) is 19.9. The molecule has 0 aliphatic heterocycles. The van der Waals surface area contributed by atoms with Crippen LogP contribution in [0.15, 0.2) is 0 Å². The normalized spacial score (nSPS) is 13.9. The Balaban J connectivity index is 4.34. The average Bonchev–Trinajstić information content (AvgIpc) is 2.27. The standard InChI is InChI=1S/C11H22N2O4/c1-4-5-8(2)13(3)11(17)12-9(6-7-14)10(15)16/h8-9,14H,4-7H2,1-3H3,(H,12,17)(H,15,16)/t8?,9-/m1/s1. The number of hydrogen-bond acceptors (Lipinski definition) is 3. The van der Waals surface area contributed by atoms with Crippen LogP contribution in [0.25, 0.3) is 0 Å². The van der Waals surface area contributed by atoms with Gasteiger partial charge in [-0.25, -0.2) is 9.59 Å². The van der Waals surface area contributed by atoms with Crippen LogP contribution in [0.2, 0.25) is 0 Å². The largest absolute Gasteiger partial charge is 0.480 e. The number of aliphatic carboxylic acids is 1. The molecule has 0 aliphatic rings. The number of amides is 2. The van der Waals surface area contributed by atoms with Gasteiger partial charge in [0.15, 0.2) is 0 Å². The van der Waals surface area contributed by atoms with E-state index in [1.165, 1.54) is 4.90 Å². The van der Waals surface area contributed by atoms with Gasteiger partial charge < -0.3 is 20.4 Å². The van der Waals surface area contributed by atoms with E-state index in [2.05, 4.69) is 5.32 Å². The number of aliphatic hydroxyl groups excluding tert-OH is 1. The van der Waals surface area contributed by atoms with Crippen molar-refractivity contribution in [2.75, 3.05) is 13.7 Å². The molecule has 0 fully saturated rings. The summed E-state index contributed by atoms with van der Waals surface area (Å²) in [7, 11) is 1.63. The maximum Gasteiger partial charge on any atom is 0.326 e. The average molecular weight is 246 g/mol. The minimum atomic E-state index is -1.14. The highest BCUT2D eigenvalue weighted by atomic mass is 16.4. The molecule has 0 saturated carbocycles. The monoisotopic (exact) mass is 246 g/mol. The highest BCUT2D eigenvalue weighted by molar-refractivity contribution is 5.82. The van der Waals surface area contributed by atoms with Gasteiger partial charge in [0.05, 0.1) is 0 Å². The van der Waals surface area contributed by atoms with Crippen LogP contribution in [0, 0.1) is 0 Å². The quantitative estimate of drug-likeness (QED) is 0.615. The van der Waals surface area contributed by atoms with Gasteiger partial charge in [-0.3, -0.25) is 0 Å². The number of carboxylic acid groups (broad SMARTS) is 1. The van der Waals surface area contributed by atoms with Crippen molar-refractivity contribution < 1.29 is 19.8 Å². The number of rotatable bonds is 7. The van der Waals surface area contributed by atoms with Gasteiger partial charge in [0, 0.05) is 26.1 Å². The lowest BCUT2D eigenvalue weighted by atomic mass is 10.2. The molecule has 17 heavy (non-hydrogen) atoms. The molecule has 0 aromatic rings. The Kier molecular flexibility index (Phi) is 7.29. The van der Waals surface area contributed by atoms with Crippen molar-refractivity contribution in [2.45, 2.75) is 45.2 Å². The molecule has 0 aromatic heterocycles. The van der Waals surface area contributed by atoms with Crippen LogP contribution >= 0.6 is 0 Å². The summed E-state index contributed by atoms with van der Waals surface area (Å²) in [6.45, 7) is 3.66. The van der Waals surface area contributed by atoms with Crippen LogP contribution < -0.4 is 5.32 Å². The zero-order chi connectivity index (χ0) is 13.4. The van der Waals surface area contributed by atoms with Gasteiger partial charge in [0.2, 0.25) is 0 Å². The zero-order valence-electron chi connectivity index (χ0n) is 10.6. The second-order valence-electron chi connectivity index (χ2n) is 4.10. The molecule has 100 valence electrons. The summed E-state index contributed by atoms with van der Waals surface area (Å²) in [6.07, 6.45) is 1.83. The summed E-state index contributed by atoms with van der Waals surface area (Å²) in [5.74, 6) is -1.14. The molecule has 0 spiro atoms. The van der Waals surface area contributed by atoms with Crippen molar-refractivity contribution in [1.82, 2.24) is 10.2 Å². The van der Waals surface area contributed by atoms with Crippen molar-refractivity contribution in [1.29, 1.82) is 0 Å². The minimum Gasteiger partial charge on any atom is -0.480 e. The van der Waals surface area contributed by atoms with Crippen LogP contribution in [0.4, 0.5) is 4.79 Å². The molecule has 3 N–H and O–H groups in total. The first-order valence-electron chi connectivity index (χ1n) is 5.81. The molecule has 1 unspecified atom stereocenters. The maximum absolute atomic E-state index is 11.7. The number of carbonyl (C=O) groups excluding carboxylic acids is 1. The van der Waals surface area contributed by atoms with Gasteiger partial charge in [0.1, 0.15) is 6.04 Å². The predicted molar refractivity (Wildman–Crippen MR) is 63.8 cm³/mol. The maximum atomic E-state index is 11.7. The molecule has 0 bridgehead atoms. The van der Waals surface area contributed by atoms with E-state index in [0.29, 0.717) is 0 Å². The lowest BCUT2D eigenvalue weighted by Gasteiger charge is -2.26. The molecule has 0 aromatic carbocycles. The molecule has 0 rings (SSSR count). The van der Waals surface area contributed by atoms with E-state index >= 15 is 0 Å². The summed E-state index contributed by atoms with van der Waals surface area (Å²) in [5.41, 5.74) is 0. The van der Waals surface area contributed by atoms with Gasteiger partial charge in [-0.1, -0.05) is 13.3 Å². The van der Waals surface area contributed by atoms with Crippen LogP contribution in [-0.2, 0) is 4.79 Å². The van der Waals surface area contributed by atoms with Crippen LogP contribution in [0.5, 0.6) is 0 Å². The van der Waals surface area contributed by atoms with E-state index in [4.69, 9.17) is 10.2 Å². The third-order valence-corrected chi connectivity index (χ3v) is 2.70. The SMILES string of the molecule is CCCC(C)N(C)C(=O)N[C@H](CCO)C(=O)O. The fourth-order valence-electron chi connectivity index (χ4n) is 1.45. The Morgan fingerprint density at radius 3 is 2.35 bits per heavy atom. The Labute approximate surface area is 102 Å². The third-order valence-electron chi connectivity index (χ3n) is 2.70. The number of aliphatic hydroxyl groups is 1. The number of nitrogens with zero attached hydrogens (tertiary/aromatic N) is 1. The van der Waals surface area contributed by atoms with Gasteiger partial charge in [-0.15, -0.1) is 0 Å². The molecule has 6 heteroatoms. The van der Waals surface area contributed by atoms with E-state index in [1.807, 2.05) is 13.8 Å². The van der Waals surface area contributed by atoms with Crippen LogP contribution in [0.1, 0.15) is 33.1 Å². The van der Waals surface area contributed by atoms with Crippen LogP contribution in [0.3, 0.4) is 0 Å². The van der Waals surface area contributed by atoms with Gasteiger partial charge >= 0.3 is 12.0 Å². The first-order chi connectivity index (χ1) is 7.93. The minimum absolute atomic E-state index is 0.0110. The fourth-order valence-corrected chi connectivity index (χ4v) is 1.45. The number of carbonyl (C=O) groups is 2. The van der Waals surface area contributed by atoms with Gasteiger partial charge in [-0.2, -0.15) is 0 Å². The molecular formula is C11H22N2O4. The lowest BCUT2D eigenvalue weighted by molar-refractivity contribution is -0.139. The van der Waals surface area contributed by atoms with Crippen molar-refractivity contribution in [2.24, 2.45) is 0 Å². The molecule has 2 atom stereocenters. The second-order valence-corrected chi connectivity index (χ2v) is 4.10. The van der Waals surface area contributed by atoms with Gasteiger partial charge in [-0.05, 0) is 13.3 Å². The number of hydrogen-bond donors (Lipinski definition) is 3.